The van der Waals surface area contributed by atoms with Crippen LogP contribution in [0.3, 0.4) is 0 Å². The van der Waals surface area contributed by atoms with Gasteiger partial charge in [-0.1, -0.05) is 59.3 Å². The molecule has 0 fully saturated rings. The molecule has 3 rings (SSSR count). The number of hydrogen-bond donors (Lipinski definition) is 3. The first kappa shape index (κ1) is 18.9. The minimum atomic E-state index is -0.289. The summed E-state index contributed by atoms with van der Waals surface area (Å²) in [6, 6.07) is 17.3. The molecule has 0 saturated heterocycles. The molecule has 27 heavy (non-hydrogen) atoms. The number of aromatic nitrogens is 2. The van der Waals surface area contributed by atoms with Crippen LogP contribution in [-0.4, -0.2) is 29.2 Å². The molecule has 1 aromatic heterocycles. The van der Waals surface area contributed by atoms with E-state index < -0.39 is 0 Å². The number of nitrogens with one attached hydrogen (secondary N) is 3. The standard InChI is InChI=1S/C19H18ClN5OS/c20-16-9-5-4-6-14(16)10-11-17(26)23-19-25-24-18(27-19)22-13-12-21-15-7-2-1-3-8-15/h1-11,21H,12-13H2,(H,22,24)(H,23,25,26)/b11-10+. The number of carbonyl (C=O) groups is 1. The number of hydrogen-bond acceptors (Lipinski definition) is 6. The molecule has 0 spiro atoms. The Balaban J connectivity index is 1.43. The number of benzene rings is 2. The number of rotatable bonds is 8. The van der Waals surface area contributed by atoms with Gasteiger partial charge in [-0.2, -0.15) is 0 Å². The van der Waals surface area contributed by atoms with Crippen LogP contribution in [0, 0.1) is 0 Å². The minimum absolute atomic E-state index is 0.289. The molecule has 0 atom stereocenters. The molecule has 3 N–H and O–H groups in total. The third-order valence-electron chi connectivity index (χ3n) is 3.48. The second-order valence-corrected chi connectivity index (χ2v) is 6.86. The van der Waals surface area contributed by atoms with Crippen molar-refractivity contribution >= 4 is 50.9 Å². The van der Waals surface area contributed by atoms with Gasteiger partial charge in [0.15, 0.2) is 0 Å². The molecule has 0 aliphatic heterocycles. The predicted octanol–water partition coefficient (Wildman–Crippen LogP) is 4.37. The van der Waals surface area contributed by atoms with Gasteiger partial charge in [0.25, 0.3) is 0 Å². The quantitative estimate of drug-likeness (QED) is 0.387. The van der Waals surface area contributed by atoms with Crippen molar-refractivity contribution in [3.8, 4) is 0 Å². The van der Waals surface area contributed by atoms with Crippen molar-refractivity contribution in [2.45, 2.75) is 0 Å². The molecule has 0 radical (unpaired) electrons. The number of anilines is 3. The Hall–Kier alpha value is -2.90. The number of amides is 1. The summed E-state index contributed by atoms with van der Waals surface area (Å²) in [5.41, 5.74) is 1.84. The normalized spacial score (nSPS) is 10.7. The second-order valence-electron chi connectivity index (χ2n) is 5.48. The lowest BCUT2D eigenvalue weighted by Crippen LogP contribution is -2.13. The summed E-state index contributed by atoms with van der Waals surface area (Å²) in [6.45, 7) is 1.43. The highest BCUT2D eigenvalue weighted by Crippen LogP contribution is 2.20. The average Bonchev–Trinajstić information content (AvgIpc) is 3.12. The van der Waals surface area contributed by atoms with E-state index in [1.807, 2.05) is 48.5 Å². The smallest absolute Gasteiger partial charge is 0.250 e. The second kappa shape index (κ2) is 9.70. The van der Waals surface area contributed by atoms with Crippen LogP contribution in [0.5, 0.6) is 0 Å². The van der Waals surface area contributed by atoms with Crippen molar-refractivity contribution in [3.63, 3.8) is 0 Å². The van der Waals surface area contributed by atoms with Crippen LogP contribution >= 0.6 is 22.9 Å². The molecule has 0 unspecified atom stereocenters. The third kappa shape index (κ3) is 6.09. The SMILES string of the molecule is O=C(/C=C/c1ccccc1Cl)Nc1nnc(NCCNc2ccccc2)s1. The van der Waals surface area contributed by atoms with Gasteiger partial charge in [0.1, 0.15) is 0 Å². The van der Waals surface area contributed by atoms with E-state index in [0.29, 0.717) is 21.8 Å². The van der Waals surface area contributed by atoms with Crippen molar-refractivity contribution in [1.82, 2.24) is 10.2 Å². The fourth-order valence-corrected chi connectivity index (χ4v) is 3.07. The van der Waals surface area contributed by atoms with E-state index in [-0.39, 0.29) is 5.91 Å². The summed E-state index contributed by atoms with van der Waals surface area (Å²) in [7, 11) is 0. The van der Waals surface area contributed by atoms with Gasteiger partial charge in [-0.3, -0.25) is 10.1 Å². The van der Waals surface area contributed by atoms with Crippen LogP contribution in [0.1, 0.15) is 5.56 Å². The lowest BCUT2D eigenvalue weighted by Gasteiger charge is -2.05. The molecular weight excluding hydrogens is 382 g/mol. The van der Waals surface area contributed by atoms with Gasteiger partial charge >= 0.3 is 0 Å². The van der Waals surface area contributed by atoms with E-state index >= 15 is 0 Å². The van der Waals surface area contributed by atoms with Gasteiger partial charge in [0, 0.05) is 29.9 Å². The number of para-hydroxylation sites is 1. The average molecular weight is 400 g/mol. The van der Waals surface area contributed by atoms with Gasteiger partial charge in [0.2, 0.25) is 16.2 Å². The molecule has 0 aliphatic carbocycles. The van der Waals surface area contributed by atoms with Crippen molar-refractivity contribution in [3.05, 3.63) is 71.3 Å². The zero-order chi connectivity index (χ0) is 18.9. The maximum atomic E-state index is 12.0. The van der Waals surface area contributed by atoms with Gasteiger partial charge < -0.3 is 10.6 Å². The summed E-state index contributed by atoms with van der Waals surface area (Å²) < 4.78 is 0. The molecule has 3 aromatic rings. The maximum absolute atomic E-state index is 12.0. The minimum Gasteiger partial charge on any atom is -0.383 e. The fourth-order valence-electron chi connectivity index (χ4n) is 2.20. The predicted molar refractivity (Wildman–Crippen MR) is 112 cm³/mol. The van der Waals surface area contributed by atoms with Crippen molar-refractivity contribution in [2.24, 2.45) is 0 Å². The molecule has 8 heteroatoms. The Kier molecular flexibility index (Phi) is 6.78. The van der Waals surface area contributed by atoms with Crippen molar-refractivity contribution < 1.29 is 4.79 Å². The van der Waals surface area contributed by atoms with E-state index in [9.17, 15) is 4.79 Å². The number of nitrogens with zero attached hydrogens (tertiary/aromatic N) is 2. The lowest BCUT2D eigenvalue weighted by atomic mass is 10.2. The van der Waals surface area contributed by atoms with Gasteiger partial charge in [-0.25, -0.2) is 0 Å². The molecular formula is C19H18ClN5OS. The first-order valence-corrected chi connectivity index (χ1v) is 9.50. The highest BCUT2D eigenvalue weighted by Gasteiger charge is 2.06. The summed E-state index contributed by atoms with van der Waals surface area (Å²) >= 11 is 7.33. The summed E-state index contributed by atoms with van der Waals surface area (Å²) in [4.78, 5) is 12.0. The highest BCUT2D eigenvalue weighted by atomic mass is 35.5. The van der Waals surface area contributed by atoms with Crippen LogP contribution in [0.15, 0.2) is 60.7 Å². The zero-order valence-corrected chi connectivity index (χ0v) is 15.9. The molecule has 6 nitrogen and oxygen atoms in total. The lowest BCUT2D eigenvalue weighted by molar-refractivity contribution is -0.111. The molecule has 0 aliphatic rings. The van der Waals surface area contributed by atoms with Gasteiger partial charge in [0.05, 0.1) is 0 Å². The van der Waals surface area contributed by atoms with E-state index in [4.69, 9.17) is 11.6 Å². The largest absolute Gasteiger partial charge is 0.383 e. The van der Waals surface area contributed by atoms with Gasteiger partial charge in [-0.05, 0) is 29.8 Å². The molecule has 1 amide bonds. The van der Waals surface area contributed by atoms with Crippen molar-refractivity contribution in [1.29, 1.82) is 0 Å². The third-order valence-corrected chi connectivity index (χ3v) is 4.62. The van der Waals surface area contributed by atoms with E-state index in [0.717, 1.165) is 17.8 Å². The number of carbonyl (C=O) groups excluding carboxylic acids is 1. The van der Waals surface area contributed by atoms with E-state index in [1.165, 1.54) is 17.4 Å². The maximum Gasteiger partial charge on any atom is 0.250 e. The molecule has 0 saturated carbocycles. The van der Waals surface area contributed by atoms with Crippen LogP contribution in [-0.2, 0) is 4.79 Å². The first-order chi connectivity index (χ1) is 13.2. The Bertz CT molecular complexity index is 913. The Morgan fingerprint density at radius 1 is 0.963 bits per heavy atom. The summed E-state index contributed by atoms with van der Waals surface area (Å²) in [5.74, 6) is -0.289. The summed E-state index contributed by atoms with van der Waals surface area (Å²) in [5, 5.41) is 18.8. The first-order valence-electron chi connectivity index (χ1n) is 8.30. The van der Waals surface area contributed by atoms with Crippen LogP contribution in [0.4, 0.5) is 16.0 Å². The van der Waals surface area contributed by atoms with Gasteiger partial charge in [-0.15, -0.1) is 10.2 Å². The monoisotopic (exact) mass is 399 g/mol. The highest BCUT2D eigenvalue weighted by molar-refractivity contribution is 7.19. The fraction of sp³-hybridized carbons (Fsp3) is 0.105. The van der Waals surface area contributed by atoms with Crippen LogP contribution in [0.25, 0.3) is 6.08 Å². The van der Waals surface area contributed by atoms with E-state index in [2.05, 4.69) is 26.1 Å². The molecule has 2 aromatic carbocycles. The Labute approximate surface area is 166 Å². The summed E-state index contributed by atoms with van der Waals surface area (Å²) in [6.07, 6.45) is 3.08. The van der Waals surface area contributed by atoms with E-state index in [1.54, 1.807) is 12.1 Å². The molecule has 0 bridgehead atoms. The zero-order valence-electron chi connectivity index (χ0n) is 14.4. The molecule has 1 heterocycles. The van der Waals surface area contributed by atoms with Crippen LogP contribution < -0.4 is 16.0 Å². The number of halogens is 1. The Morgan fingerprint density at radius 3 is 2.48 bits per heavy atom. The molecule has 138 valence electrons. The van der Waals surface area contributed by atoms with Crippen molar-refractivity contribution in [2.75, 3.05) is 29.0 Å². The Morgan fingerprint density at radius 2 is 1.67 bits per heavy atom. The topological polar surface area (TPSA) is 78.9 Å². The van der Waals surface area contributed by atoms with Crippen LogP contribution in [0.2, 0.25) is 5.02 Å².